The number of nitrogens with zero attached hydrogens (tertiary/aromatic N) is 3. The van der Waals surface area contributed by atoms with Gasteiger partial charge >= 0.3 is 5.69 Å². The lowest BCUT2D eigenvalue weighted by molar-refractivity contribution is -0.116. The van der Waals surface area contributed by atoms with Gasteiger partial charge in [0.15, 0.2) is 17.0 Å². The Kier molecular flexibility index (Phi) is 7.42. The molecule has 9 heteroatoms. The fourth-order valence-electron chi connectivity index (χ4n) is 4.57. The first-order valence-electron chi connectivity index (χ1n) is 11.9. The summed E-state index contributed by atoms with van der Waals surface area (Å²) in [6.45, 7) is 5.70. The monoisotopic (exact) mass is 502 g/mol. The number of carbonyl (C=O) groups excluding carboxylic acids is 1. The van der Waals surface area contributed by atoms with E-state index in [1.54, 1.807) is 38.5 Å². The van der Waals surface area contributed by atoms with Gasteiger partial charge in [0.05, 0.1) is 19.7 Å². The summed E-state index contributed by atoms with van der Waals surface area (Å²) < 4.78 is 13.1. The number of anilines is 1. The van der Waals surface area contributed by atoms with Gasteiger partial charge in [0, 0.05) is 18.4 Å². The minimum absolute atomic E-state index is 0.109. The van der Waals surface area contributed by atoms with Crippen LogP contribution in [-0.4, -0.2) is 34.2 Å². The summed E-state index contributed by atoms with van der Waals surface area (Å²) >= 11 is 0. The molecule has 4 aromatic rings. The Morgan fingerprint density at radius 1 is 0.946 bits per heavy atom. The molecule has 0 aliphatic carbocycles. The smallest absolute Gasteiger partial charge is 0.332 e. The molecule has 192 valence electrons. The molecule has 37 heavy (non-hydrogen) atoms. The Morgan fingerprint density at radius 2 is 1.65 bits per heavy atom. The largest absolute Gasteiger partial charge is 0.493 e. The van der Waals surface area contributed by atoms with Crippen LogP contribution < -0.4 is 26.0 Å². The fraction of sp³-hybridized carbons (Fsp3) is 0.286. The first-order valence-corrected chi connectivity index (χ1v) is 11.9. The molecule has 0 atom stereocenters. The fourth-order valence-corrected chi connectivity index (χ4v) is 4.57. The Morgan fingerprint density at radius 3 is 2.32 bits per heavy atom. The number of methoxy groups -OCH3 is 2. The predicted octanol–water partition coefficient (Wildman–Crippen LogP) is 3.38. The zero-order valence-electron chi connectivity index (χ0n) is 21.6. The van der Waals surface area contributed by atoms with Crippen molar-refractivity contribution < 1.29 is 14.3 Å². The molecular formula is C28H30N4O5. The first-order chi connectivity index (χ1) is 17.7. The van der Waals surface area contributed by atoms with Crippen LogP contribution in [0.3, 0.4) is 0 Å². The molecule has 4 rings (SSSR count). The van der Waals surface area contributed by atoms with Crippen LogP contribution in [0.5, 0.6) is 11.5 Å². The van der Waals surface area contributed by atoms with Gasteiger partial charge in [-0.05, 0) is 68.1 Å². The molecule has 0 saturated carbocycles. The summed E-state index contributed by atoms with van der Waals surface area (Å²) in [6, 6.07) is 12.7. The Labute approximate surface area is 214 Å². The van der Waals surface area contributed by atoms with Crippen molar-refractivity contribution in [2.45, 2.75) is 40.3 Å². The van der Waals surface area contributed by atoms with Crippen LogP contribution in [0.15, 0.2) is 58.3 Å². The number of ether oxygens (including phenoxy) is 2. The van der Waals surface area contributed by atoms with Gasteiger partial charge in [0.2, 0.25) is 5.91 Å². The van der Waals surface area contributed by atoms with E-state index in [9.17, 15) is 14.4 Å². The maximum absolute atomic E-state index is 13.5. The number of fused-ring (bicyclic) bond motifs is 1. The lowest BCUT2D eigenvalue weighted by Gasteiger charge is -2.16. The van der Waals surface area contributed by atoms with E-state index in [0.717, 1.165) is 26.8 Å². The number of hydrogen-bond donors (Lipinski definition) is 1. The SMILES string of the molecule is COc1ccc(CCn2c(=O)c3ncccc3n(CC(=O)Nc3c(C)cc(C)cc3C)c2=O)cc1OC. The highest BCUT2D eigenvalue weighted by Crippen LogP contribution is 2.27. The van der Waals surface area contributed by atoms with E-state index in [-0.39, 0.29) is 24.5 Å². The molecule has 0 aliphatic rings. The van der Waals surface area contributed by atoms with E-state index in [1.807, 2.05) is 39.0 Å². The van der Waals surface area contributed by atoms with Crippen molar-refractivity contribution in [1.29, 1.82) is 0 Å². The van der Waals surface area contributed by atoms with Crippen molar-refractivity contribution in [2.24, 2.45) is 0 Å². The topological polar surface area (TPSA) is 104 Å². The number of aromatic nitrogens is 3. The third-order valence-corrected chi connectivity index (χ3v) is 6.30. The van der Waals surface area contributed by atoms with Gasteiger partial charge in [-0.25, -0.2) is 9.78 Å². The van der Waals surface area contributed by atoms with E-state index in [1.165, 1.54) is 10.8 Å². The van der Waals surface area contributed by atoms with Crippen LogP contribution in [0, 0.1) is 20.8 Å². The first kappa shape index (κ1) is 25.7. The lowest BCUT2D eigenvalue weighted by Crippen LogP contribution is -2.42. The van der Waals surface area contributed by atoms with Gasteiger partial charge in [0.25, 0.3) is 5.56 Å². The number of nitrogens with one attached hydrogen (secondary N) is 1. The summed E-state index contributed by atoms with van der Waals surface area (Å²) in [5.41, 5.74) is 3.92. The van der Waals surface area contributed by atoms with Crippen molar-refractivity contribution in [1.82, 2.24) is 14.1 Å². The highest BCUT2D eigenvalue weighted by Gasteiger charge is 2.17. The van der Waals surface area contributed by atoms with Crippen molar-refractivity contribution in [3.63, 3.8) is 0 Å². The maximum Gasteiger partial charge on any atom is 0.332 e. The molecule has 0 saturated heterocycles. The van der Waals surface area contributed by atoms with Crippen molar-refractivity contribution >= 4 is 22.6 Å². The van der Waals surface area contributed by atoms with Gasteiger partial charge < -0.3 is 14.8 Å². The number of benzene rings is 2. The molecule has 0 fully saturated rings. The average molecular weight is 503 g/mol. The molecule has 2 aromatic heterocycles. The van der Waals surface area contributed by atoms with E-state index >= 15 is 0 Å². The quantitative estimate of drug-likeness (QED) is 0.396. The number of rotatable bonds is 8. The van der Waals surface area contributed by atoms with Gasteiger partial charge in [-0.3, -0.25) is 18.7 Å². The van der Waals surface area contributed by atoms with Gasteiger partial charge in [-0.2, -0.15) is 0 Å². The van der Waals surface area contributed by atoms with Crippen LogP contribution in [0.25, 0.3) is 11.0 Å². The summed E-state index contributed by atoms with van der Waals surface area (Å²) in [6.07, 6.45) is 1.89. The molecule has 0 aliphatic heterocycles. The van der Waals surface area contributed by atoms with Crippen LogP contribution in [-0.2, 0) is 24.3 Å². The van der Waals surface area contributed by atoms with Crippen LogP contribution in [0.1, 0.15) is 22.3 Å². The van der Waals surface area contributed by atoms with E-state index in [2.05, 4.69) is 10.3 Å². The molecule has 9 nitrogen and oxygen atoms in total. The maximum atomic E-state index is 13.5. The minimum atomic E-state index is -0.571. The van der Waals surface area contributed by atoms with E-state index < -0.39 is 11.2 Å². The zero-order valence-corrected chi connectivity index (χ0v) is 21.6. The molecule has 0 bridgehead atoms. The van der Waals surface area contributed by atoms with Gasteiger partial charge in [0.1, 0.15) is 6.54 Å². The van der Waals surface area contributed by atoms with Gasteiger partial charge in [-0.15, -0.1) is 0 Å². The Bertz CT molecular complexity index is 1580. The van der Waals surface area contributed by atoms with E-state index in [0.29, 0.717) is 29.1 Å². The lowest BCUT2D eigenvalue weighted by atomic mass is 10.1. The molecule has 0 unspecified atom stereocenters. The second-order valence-electron chi connectivity index (χ2n) is 8.96. The standard InChI is InChI=1S/C28H30N4O5/c1-17-13-18(2)25(19(3)14-17)30-24(33)16-32-21-7-6-11-29-26(21)27(34)31(28(32)35)12-10-20-8-9-22(36-4)23(15-20)37-5/h6-9,11,13-15H,10,12,16H2,1-5H3,(H,30,33). The zero-order chi connectivity index (χ0) is 26.7. The van der Waals surface area contributed by atoms with Gasteiger partial charge in [-0.1, -0.05) is 23.8 Å². The summed E-state index contributed by atoms with van der Waals surface area (Å²) in [5.74, 6) is 0.779. The van der Waals surface area contributed by atoms with Crippen molar-refractivity contribution in [3.05, 3.63) is 91.8 Å². The van der Waals surface area contributed by atoms with Crippen LogP contribution in [0.4, 0.5) is 5.69 Å². The molecule has 2 aromatic carbocycles. The van der Waals surface area contributed by atoms with Crippen molar-refractivity contribution in [2.75, 3.05) is 19.5 Å². The van der Waals surface area contributed by atoms with Crippen molar-refractivity contribution in [3.8, 4) is 11.5 Å². The second kappa shape index (κ2) is 10.7. The average Bonchev–Trinajstić information content (AvgIpc) is 2.88. The number of aryl methyl sites for hydroxylation is 4. The summed E-state index contributed by atoms with van der Waals surface area (Å²) in [4.78, 5) is 44.0. The summed E-state index contributed by atoms with van der Waals surface area (Å²) in [5, 5.41) is 2.93. The third-order valence-electron chi connectivity index (χ3n) is 6.30. The molecule has 1 N–H and O–H groups in total. The molecule has 2 heterocycles. The molecular weight excluding hydrogens is 472 g/mol. The van der Waals surface area contributed by atoms with Crippen LogP contribution in [0.2, 0.25) is 0 Å². The highest BCUT2D eigenvalue weighted by atomic mass is 16.5. The predicted molar refractivity (Wildman–Crippen MR) is 143 cm³/mol. The molecule has 0 spiro atoms. The van der Waals surface area contributed by atoms with E-state index in [4.69, 9.17) is 9.47 Å². The molecule has 1 amide bonds. The number of pyridine rings is 1. The Hall–Kier alpha value is -4.40. The molecule has 0 radical (unpaired) electrons. The normalized spacial score (nSPS) is 10.9. The second-order valence-corrected chi connectivity index (χ2v) is 8.96. The number of carbonyl (C=O) groups is 1. The minimum Gasteiger partial charge on any atom is -0.493 e. The summed E-state index contributed by atoms with van der Waals surface area (Å²) in [7, 11) is 3.10. The third kappa shape index (κ3) is 5.25. The number of hydrogen-bond acceptors (Lipinski definition) is 6. The van der Waals surface area contributed by atoms with Crippen LogP contribution >= 0.6 is 0 Å². The Balaban J connectivity index is 1.68. The number of amides is 1. The highest BCUT2D eigenvalue weighted by molar-refractivity contribution is 5.93.